The van der Waals surface area contributed by atoms with Crippen molar-refractivity contribution in [2.75, 3.05) is 0 Å². The van der Waals surface area contributed by atoms with Crippen LogP contribution >= 0.6 is 23.2 Å². The van der Waals surface area contributed by atoms with Crippen molar-refractivity contribution in [3.05, 3.63) is 70.0 Å². The number of rotatable bonds is 3. The number of aromatic nitrogens is 2. The normalized spacial score (nSPS) is 16.7. The number of halogens is 2. The maximum atomic E-state index is 12.8. The Labute approximate surface area is 173 Å². The summed E-state index contributed by atoms with van der Waals surface area (Å²) < 4.78 is 0. The van der Waals surface area contributed by atoms with Crippen molar-refractivity contribution in [3.8, 4) is 0 Å². The SMILES string of the molecule is CC(C)C(=O)N1N=C(c2ccc(Cl)cc2Cl)C[C@@H]1c1ccc2nccnc2c1. The van der Waals surface area contributed by atoms with E-state index in [0.29, 0.717) is 16.5 Å². The largest absolute Gasteiger partial charge is 0.273 e. The minimum Gasteiger partial charge on any atom is -0.273 e. The molecule has 28 heavy (non-hydrogen) atoms. The lowest BCUT2D eigenvalue weighted by Crippen LogP contribution is -2.30. The number of hydrogen-bond donors (Lipinski definition) is 0. The van der Waals surface area contributed by atoms with E-state index in [4.69, 9.17) is 23.2 Å². The molecule has 0 spiro atoms. The number of carbonyl (C=O) groups is 1. The van der Waals surface area contributed by atoms with E-state index in [-0.39, 0.29) is 17.9 Å². The van der Waals surface area contributed by atoms with Crippen LogP contribution in [0.5, 0.6) is 0 Å². The van der Waals surface area contributed by atoms with Gasteiger partial charge in [-0.2, -0.15) is 5.10 Å². The molecule has 0 fully saturated rings. The predicted molar refractivity (Wildman–Crippen MR) is 112 cm³/mol. The van der Waals surface area contributed by atoms with Crippen LogP contribution in [-0.4, -0.2) is 26.6 Å². The number of fused-ring (bicyclic) bond motifs is 1. The molecule has 1 atom stereocenters. The third kappa shape index (κ3) is 3.48. The van der Waals surface area contributed by atoms with Gasteiger partial charge in [0.25, 0.3) is 0 Å². The summed E-state index contributed by atoms with van der Waals surface area (Å²) in [5.74, 6) is -0.212. The van der Waals surface area contributed by atoms with Crippen LogP contribution in [0, 0.1) is 5.92 Å². The fraction of sp³-hybridized carbons (Fsp3) is 0.238. The van der Waals surface area contributed by atoms with Crippen LogP contribution in [0.15, 0.2) is 53.9 Å². The summed E-state index contributed by atoms with van der Waals surface area (Å²) in [6.07, 6.45) is 3.88. The van der Waals surface area contributed by atoms with Crippen molar-refractivity contribution in [1.29, 1.82) is 0 Å². The van der Waals surface area contributed by atoms with Crippen LogP contribution in [-0.2, 0) is 4.79 Å². The third-order valence-corrected chi connectivity index (χ3v) is 5.30. The molecule has 0 saturated heterocycles. The quantitative estimate of drug-likeness (QED) is 0.588. The molecule has 5 nitrogen and oxygen atoms in total. The second-order valence-corrected chi connectivity index (χ2v) is 7.88. The van der Waals surface area contributed by atoms with Crippen molar-refractivity contribution in [2.45, 2.75) is 26.3 Å². The Morgan fingerprint density at radius 2 is 1.82 bits per heavy atom. The summed E-state index contributed by atoms with van der Waals surface area (Å²) in [7, 11) is 0. The summed E-state index contributed by atoms with van der Waals surface area (Å²) in [4.78, 5) is 21.5. The van der Waals surface area contributed by atoms with E-state index in [9.17, 15) is 4.79 Å². The molecule has 0 radical (unpaired) electrons. The van der Waals surface area contributed by atoms with E-state index in [1.54, 1.807) is 29.5 Å². The fourth-order valence-electron chi connectivity index (χ4n) is 3.31. The Balaban J connectivity index is 1.76. The van der Waals surface area contributed by atoms with E-state index in [0.717, 1.165) is 27.9 Å². The van der Waals surface area contributed by atoms with Gasteiger partial charge in [0, 0.05) is 35.3 Å². The van der Waals surface area contributed by atoms with Crippen molar-refractivity contribution >= 4 is 45.9 Å². The summed E-state index contributed by atoms with van der Waals surface area (Å²) in [6, 6.07) is 11.0. The van der Waals surface area contributed by atoms with Gasteiger partial charge in [-0.15, -0.1) is 0 Å². The zero-order chi connectivity index (χ0) is 19.8. The molecule has 3 aromatic rings. The van der Waals surface area contributed by atoms with Crippen molar-refractivity contribution in [2.24, 2.45) is 11.0 Å². The molecule has 1 aliphatic heterocycles. The van der Waals surface area contributed by atoms with Crippen LogP contribution in [0.25, 0.3) is 11.0 Å². The molecular formula is C21H18Cl2N4O. The Kier molecular flexibility index (Phi) is 5.04. The molecule has 0 aliphatic carbocycles. The van der Waals surface area contributed by atoms with Crippen LogP contribution in [0.4, 0.5) is 0 Å². The van der Waals surface area contributed by atoms with Crippen LogP contribution in [0.2, 0.25) is 10.0 Å². The molecule has 2 heterocycles. The summed E-state index contributed by atoms with van der Waals surface area (Å²) in [5, 5.41) is 7.30. The smallest absolute Gasteiger partial charge is 0.245 e. The molecule has 1 amide bonds. The standard InChI is InChI=1S/C21H18Cl2N4O/c1-12(2)21(28)27-20(13-3-6-17-19(9-13)25-8-7-24-17)11-18(26-27)15-5-4-14(22)10-16(15)23/h3-10,12,20H,11H2,1-2H3/t20-/m1/s1. The fourth-order valence-corrected chi connectivity index (χ4v) is 3.83. The Hall–Kier alpha value is -2.50. The van der Waals surface area contributed by atoms with Gasteiger partial charge in [0.2, 0.25) is 5.91 Å². The van der Waals surface area contributed by atoms with Gasteiger partial charge in [-0.05, 0) is 29.8 Å². The van der Waals surface area contributed by atoms with E-state index in [2.05, 4.69) is 15.1 Å². The number of nitrogens with zero attached hydrogens (tertiary/aromatic N) is 4. The second kappa shape index (κ2) is 7.49. The zero-order valence-corrected chi connectivity index (χ0v) is 16.9. The van der Waals surface area contributed by atoms with Gasteiger partial charge in [-0.1, -0.05) is 49.2 Å². The van der Waals surface area contributed by atoms with Gasteiger partial charge >= 0.3 is 0 Å². The molecule has 1 aromatic heterocycles. The first kappa shape index (κ1) is 18.8. The van der Waals surface area contributed by atoms with Gasteiger partial charge in [-0.3, -0.25) is 14.8 Å². The van der Waals surface area contributed by atoms with Gasteiger partial charge < -0.3 is 0 Å². The molecule has 0 N–H and O–H groups in total. The van der Waals surface area contributed by atoms with Gasteiger partial charge in [0.1, 0.15) is 0 Å². The minimum atomic E-state index is -0.219. The summed E-state index contributed by atoms with van der Waals surface area (Å²) >= 11 is 12.4. The maximum Gasteiger partial charge on any atom is 0.245 e. The van der Waals surface area contributed by atoms with Crippen molar-refractivity contribution in [3.63, 3.8) is 0 Å². The molecule has 2 aromatic carbocycles. The van der Waals surface area contributed by atoms with Crippen molar-refractivity contribution < 1.29 is 4.79 Å². The molecular weight excluding hydrogens is 395 g/mol. The maximum absolute atomic E-state index is 12.8. The second-order valence-electron chi connectivity index (χ2n) is 7.03. The average Bonchev–Trinajstić information content (AvgIpc) is 3.11. The van der Waals surface area contributed by atoms with Crippen molar-refractivity contribution in [1.82, 2.24) is 15.0 Å². The van der Waals surface area contributed by atoms with Gasteiger partial charge in [-0.25, -0.2) is 5.01 Å². The Bertz CT molecular complexity index is 1100. The van der Waals surface area contributed by atoms with Gasteiger partial charge in [0.15, 0.2) is 0 Å². The number of hydrazone groups is 1. The number of carbonyl (C=O) groups excluding carboxylic acids is 1. The molecule has 0 unspecified atom stereocenters. The molecule has 1 aliphatic rings. The van der Waals surface area contributed by atoms with Crippen LogP contribution in [0.3, 0.4) is 0 Å². The molecule has 0 bridgehead atoms. The number of amides is 1. The first-order chi connectivity index (χ1) is 13.4. The lowest BCUT2D eigenvalue weighted by Gasteiger charge is -2.23. The van der Waals surface area contributed by atoms with E-state index < -0.39 is 0 Å². The van der Waals surface area contributed by atoms with E-state index in [1.165, 1.54) is 0 Å². The average molecular weight is 413 g/mol. The lowest BCUT2D eigenvalue weighted by molar-refractivity contribution is -0.136. The molecule has 0 saturated carbocycles. The highest BCUT2D eigenvalue weighted by atomic mass is 35.5. The predicted octanol–water partition coefficient (Wildman–Crippen LogP) is 5.27. The highest BCUT2D eigenvalue weighted by Crippen LogP contribution is 2.36. The first-order valence-electron chi connectivity index (χ1n) is 9.00. The Morgan fingerprint density at radius 3 is 2.54 bits per heavy atom. The van der Waals surface area contributed by atoms with E-state index in [1.807, 2.05) is 38.1 Å². The number of benzene rings is 2. The lowest BCUT2D eigenvalue weighted by atomic mass is 9.97. The highest BCUT2D eigenvalue weighted by Gasteiger charge is 2.34. The van der Waals surface area contributed by atoms with Crippen LogP contribution in [0.1, 0.15) is 37.4 Å². The van der Waals surface area contributed by atoms with Gasteiger partial charge in [0.05, 0.1) is 27.8 Å². The third-order valence-electron chi connectivity index (χ3n) is 4.75. The molecule has 7 heteroatoms. The summed E-state index contributed by atoms with van der Waals surface area (Å²) in [5.41, 5.74) is 4.12. The molecule has 142 valence electrons. The van der Waals surface area contributed by atoms with Crippen LogP contribution < -0.4 is 0 Å². The highest BCUT2D eigenvalue weighted by molar-refractivity contribution is 6.37. The first-order valence-corrected chi connectivity index (χ1v) is 9.76. The molecule has 4 rings (SSSR count). The number of hydrogen-bond acceptors (Lipinski definition) is 4. The van der Waals surface area contributed by atoms with E-state index >= 15 is 0 Å². The topological polar surface area (TPSA) is 58.5 Å². The monoisotopic (exact) mass is 412 g/mol. The summed E-state index contributed by atoms with van der Waals surface area (Å²) in [6.45, 7) is 3.74. The minimum absolute atomic E-state index is 0.0377. The zero-order valence-electron chi connectivity index (χ0n) is 15.4. The Morgan fingerprint density at radius 1 is 1.07 bits per heavy atom.